The molecule has 0 unspecified atom stereocenters. The van der Waals surface area contributed by atoms with Crippen molar-refractivity contribution in [3.8, 4) is 0 Å². The average molecular weight is 179 g/mol. The highest BCUT2D eigenvalue weighted by molar-refractivity contribution is 7.14. The number of hydrogen-bond donors (Lipinski definition) is 0. The van der Waals surface area contributed by atoms with E-state index < -0.39 is 0 Å². The second-order valence-corrected chi connectivity index (χ2v) is 3.81. The van der Waals surface area contributed by atoms with Gasteiger partial charge in [0.2, 0.25) is 0 Å². The summed E-state index contributed by atoms with van der Waals surface area (Å²) in [5.74, 6) is 0. The van der Waals surface area contributed by atoms with Gasteiger partial charge in [-0.15, -0.1) is 11.3 Å². The molecule has 1 rings (SSSR count). The van der Waals surface area contributed by atoms with Gasteiger partial charge < -0.3 is 0 Å². The molecule has 0 aromatic carbocycles. The number of aliphatic imine (C=N–C) groups is 1. The van der Waals surface area contributed by atoms with Crippen LogP contribution in [0, 0.1) is 6.92 Å². The van der Waals surface area contributed by atoms with Gasteiger partial charge in [0.25, 0.3) is 0 Å². The molecule has 1 aromatic heterocycles. The van der Waals surface area contributed by atoms with Gasteiger partial charge in [-0.2, -0.15) is 0 Å². The molecule has 0 atom stereocenters. The summed E-state index contributed by atoms with van der Waals surface area (Å²) in [6, 6.07) is 4.23. The minimum Gasteiger partial charge on any atom is -0.287 e. The number of hydrogen-bond acceptors (Lipinski definition) is 2. The van der Waals surface area contributed by atoms with Crippen LogP contribution < -0.4 is 0 Å². The van der Waals surface area contributed by atoms with Gasteiger partial charge in [0.05, 0.1) is 10.6 Å². The molecule has 0 amide bonds. The molecule has 2 heteroatoms. The predicted molar refractivity (Wildman–Crippen MR) is 56.3 cm³/mol. The first-order valence-electron chi connectivity index (χ1n) is 3.94. The van der Waals surface area contributed by atoms with Gasteiger partial charge in [0, 0.05) is 11.9 Å². The van der Waals surface area contributed by atoms with Crippen molar-refractivity contribution in [3.63, 3.8) is 0 Å². The van der Waals surface area contributed by atoms with Crippen LogP contribution in [0.4, 0.5) is 0 Å². The van der Waals surface area contributed by atoms with E-state index in [0.29, 0.717) is 0 Å². The van der Waals surface area contributed by atoms with Crippen LogP contribution in [0.2, 0.25) is 0 Å². The zero-order valence-corrected chi connectivity index (χ0v) is 8.48. The summed E-state index contributed by atoms with van der Waals surface area (Å²) in [7, 11) is 1.82. The second-order valence-electron chi connectivity index (χ2n) is 2.52. The summed E-state index contributed by atoms with van der Waals surface area (Å²) in [6.45, 7) is 4.11. The van der Waals surface area contributed by atoms with Crippen LogP contribution in [0.5, 0.6) is 0 Å². The topological polar surface area (TPSA) is 12.4 Å². The van der Waals surface area contributed by atoms with E-state index >= 15 is 0 Å². The smallest absolute Gasteiger partial charge is 0.0739 e. The maximum absolute atomic E-state index is 4.20. The van der Waals surface area contributed by atoms with E-state index in [1.54, 1.807) is 11.3 Å². The molecule has 1 nitrogen and oxygen atoms in total. The van der Waals surface area contributed by atoms with E-state index in [1.165, 1.54) is 9.75 Å². The number of aryl methyl sites for hydroxylation is 1. The molecule has 64 valence electrons. The molecule has 0 saturated heterocycles. The molecule has 0 spiro atoms. The Labute approximate surface area is 77.5 Å². The van der Waals surface area contributed by atoms with Crippen LogP contribution in [0.25, 0.3) is 0 Å². The molecule has 0 N–H and O–H groups in total. The Kier molecular flexibility index (Phi) is 3.23. The Bertz CT molecular complexity index is 307. The first-order chi connectivity index (χ1) is 5.77. The Hall–Kier alpha value is -0.890. The Morgan fingerprint density at radius 1 is 1.50 bits per heavy atom. The van der Waals surface area contributed by atoms with Crippen molar-refractivity contribution in [2.24, 2.45) is 4.99 Å². The van der Waals surface area contributed by atoms with Gasteiger partial charge in [-0.1, -0.05) is 6.08 Å². The predicted octanol–water partition coefficient (Wildman–Crippen LogP) is 3.05. The number of rotatable bonds is 2. The van der Waals surface area contributed by atoms with E-state index in [4.69, 9.17) is 0 Å². The van der Waals surface area contributed by atoms with E-state index in [9.17, 15) is 0 Å². The van der Waals surface area contributed by atoms with Crippen molar-refractivity contribution in [1.29, 1.82) is 0 Å². The number of allylic oxidation sites excluding steroid dienone is 2. The third-order valence-electron chi connectivity index (χ3n) is 1.56. The first-order valence-corrected chi connectivity index (χ1v) is 4.76. The highest BCUT2D eigenvalue weighted by Gasteiger charge is 2.00. The van der Waals surface area contributed by atoms with Gasteiger partial charge in [0.15, 0.2) is 0 Å². The van der Waals surface area contributed by atoms with Gasteiger partial charge >= 0.3 is 0 Å². The molecule has 1 heterocycles. The van der Waals surface area contributed by atoms with Crippen LogP contribution in [-0.2, 0) is 0 Å². The maximum Gasteiger partial charge on any atom is 0.0739 e. The summed E-state index contributed by atoms with van der Waals surface area (Å²) in [5.41, 5.74) is 1.07. The van der Waals surface area contributed by atoms with Gasteiger partial charge in [-0.3, -0.25) is 4.99 Å². The molecular formula is C10H13NS. The number of thiophene rings is 1. The second kappa shape index (κ2) is 4.21. The minimum absolute atomic E-state index is 1.07. The van der Waals surface area contributed by atoms with Gasteiger partial charge in [-0.05, 0) is 32.1 Å². The fourth-order valence-electron chi connectivity index (χ4n) is 0.997. The number of nitrogens with zero attached hydrogens (tertiary/aromatic N) is 1. The third-order valence-corrected chi connectivity index (χ3v) is 2.58. The van der Waals surface area contributed by atoms with Crippen LogP contribution in [0.3, 0.4) is 0 Å². The molecule has 0 saturated carbocycles. The zero-order chi connectivity index (χ0) is 8.97. The van der Waals surface area contributed by atoms with Crippen molar-refractivity contribution in [2.45, 2.75) is 13.8 Å². The molecule has 0 aliphatic heterocycles. The van der Waals surface area contributed by atoms with Crippen LogP contribution in [0.15, 0.2) is 29.3 Å². The normalized spacial score (nSPS) is 12.8. The summed E-state index contributed by atoms with van der Waals surface area (Å²) in [5, 5.41) is 0. The molecule has 1 aromatic rings. The lowest BCUT2D eigenvalue weighted by atomic mass is 10.3. The van der Waals surface area contributed by atoms with E-state index in [-0.39, 0.29) is 0 Å². The van der Waals surface area contributed by atoms with Crippen LogP contribution in [0.1, 0.15) is 16.7 Å². The molecular weight excluding hydrogens is 166 g/mol. The fourth-order valence-corrected chi connectivity index (χ4v) is 1.88. The molecule has 0 radical (unpaired) electrons. The standard InChI is InChI=1S/C10H13NS/c1-4-5-9(11-3)10-7-6-8(2)12-10/h4-7H,1-3H3/b5-4-,11-9?. The Morgan fingerprint density at radius 3 is 2.67 bits per heavy atom. The Morgan fingerprint density at radius 2 is 2.25 bits per heavy atom. The summed E-state index contributed by atoms with van der Waals surface area (Å²) < 4.78 is 0. The lowest BCUT2D eigenvalue weighted by Gasteiger charge is -1.93. The van der Waals surface area contributed by atoms with Gasteiger partial charge in [-0.25, -0.2) is 0 Å². The first kappa shape index (κ1) is 9.20. The lowest BCUT2D eigenvalue weighted by molar-refractivity contribution is 1.44. The van der Waals surface area contributed by atoms with Crippen molar-refractivity contribution >= 4 is 17.0 Å². The quantitative estimate of drug-likeness (QED) is 0.619. The molecule has 12 heavy (non-hydrogen) atoms. The molecule has 0 aliphatic rings. The average Bonchev–Trinajstić information content (AvgIpc) is 2.47. The zero-order valence-electron chi connectivity index (χ0n) is 7.66. The highest BCUT2D eigenvalue weighted by Crippen LogP contribution is 2.16. The maximum atomic E-state index is 4.20. The highest BCUT2D eigenvalue weighted by atomic mass is 32.1. The third kappa shape index (κ3) is 2.05. The Balaban J connectivity index is 2.96. The van der Waals surface area contributed by atoms with Gasteiger partial charge in [0.1, 0.15) is 0 Å². The van der Waals surface area contributed by atoms with Crippen molar-refractivity contribution in [3.05, 3.63) is 34.0 Å². The van der Waals surface area contributed by atoms with Crippen molar-refractivity contribution in [2.75, 3.05) is 7.05 Å². The SMILES string of the molecule is C/C=C\C(=NC)c1ccc(C)s1. The summed E-state index contributed by atoms with van der Waals surface area (Å²) in [6.07, 6.45) is 4.04. The van der Waals surface area contributed by atoms with Crippen LogP contribution in [-0.4, -0.2) is 12.8 Å². The lowest BCUT2D eigenvalue weighted by Crippen LogP contribution is -1.91. The fraction of sp³-hybridized carbons (Fsp3) is 0.300. The molecule has 0 bridgehead atoms. The molecule has 0 aliphatic carbocycles. The van der Waals surface area contributed by atoms with Crippen molar-refractivity contribution in [1.82, 2.24) is 0 Å². The summed E-state index contributed by atoms with van der Waals surface area (Å²) in [4.78, 5) is 6.77. The monoisotopic (exact) mass is 179 g/mol. The van der Waals surface area contributed by atoms with Crippen LogP contribution >= 0.6 is 11.3 Å². The van der Waals surface area contributed by atoms with E-state index in [2.05, 4.69) is 24.0 Å². The molecule has 0 fully saturated rings. The largest absolute Gasteiger partial charge is 0.287 e. The van der Waals surface area contributed by atoms with Crippen molar-refractivity contribution < 1.29 is 0 Å². The summed E-state index contributed by atoms with van der Waals surface area (Å²) >= 11 is 1.78. The van der Waals surface area contributed by atoms with E-state index in [0.717, 1.165) is 5.71 Å². The van der Waals surface area contributed by atoms with E-state index in [1.807, 2.05) is 26.1 Å². The minimum atomic E-state index is 1.07.